The van der Waals surface area contributed by atoms with E-state index in [2.05, 4.69) is 4.98 Å². The molecule has 0 radical (unpaired) electrons. The van der Waals surface area contributed by atoms with E-state index in [0.29, 0.717) is 22.6 Å². The number of aromatic nitrogens is 2. The van der Waals surface area contributed by atoms with Crippen molar-refractivity contribution >= 4 is 33.3 Å². The predicted molar refractivity (Wildman–Crippen MR) is 95.0 cm³/mol. The van der Waals surface area contributed by atoms with Gasteiger partial charge < -0.3 is 9.67 Å². The Labute approximate surface area is 142 Å². The van der Waals surface area contributed by atoms with E-state index in [1.807, 2.05) is 6.92 Å². The zero-order chi connectivity index (χ0) is 17.3. The minimum atomic E-state index is -0.567. The van der Waals surface area contributed by atoms with Gasteiger partial charge in [0.05, 0.1) is 5.52 Å². The van der Waals surface area contributed by atoms with Crippen molar-refractivity contribution in [2.24, 2.45) is 0 Å². The fourth-order valence-corrected chi connectivity index (χ4v) is 3.27. The molecule has 0 aliphatic rings. The van der Waals surface area contributed by atoms with Crippen LogP contribution in [0, 0.1) is 0 Å². The molecule has 0 atom stereocenters. The molecule has 7 heteroatoms. The fourth-order valence-electron chi connectivity index (χ4n) is 2.66. The number of para-hydroxylation sites is 1. The lowest BCUT2D eigenvalue weighted by atomic mass is 10.1. The molecular weight excluding hydrogens is 326 g/mol. The second-order valence-electron chi connectivity index (χ2n) is 5.38. The minimum absolute atomic E-state index is 0.222. The molecule has 0 saturated carbocycles. The summed E-state index contributed by atoms with van der Waals surface area (Å²) < 4.78 is 1.54. The van der Waals surface area contributed by atoms with Crippen LogP contribution < -0.4 is 10.5 Å². The largest absolute Gasteiger partial charge is 0.506 e. The van der Waals surface area contributed by atoms with Crippen LogP contribution in [-0.4, -0.2) is 27.6 Å². The van der Waals surface area contributed by atoms with Crippen molar-refractivity contribution in [1.29, 1.82) is 0 Å². The highest BCUT2D eigenvalue weighted by Crippen LogP contribution is 2.28. The van der Waals surface area contributed by atoms with Crippen LogP contribution in [0.4, 0.5) is 5.13 Å². The smallest absolute Gasteiger partial charge is 0.269 e. The lowest BCUT2D eigenvalue weighted by Gasteiger charge is -2.17. The summed E-state index contributed by atoms with van der Waals surface area (Å²) in [4.78, 5) is 31.0. The van der Waals surface area contributed by atoms with Gasteiger partial charge in [0.2, 0.25) is 0 Å². The number of pyridine rings is 1. The number of anilines is 1. The molecule has 0 aliphatic heterocycles. The van der Waals surface area contributed by atoms with Gasteiger partial charge in [-0.3, -0.25) is 14.5 Å². The molecule has 0 unspecified atom stereocenters. The molecule has 0 fully saturated rings. The van der Waals surface area contributed by atoms with Gasteiger partial charge in [0.1, 0.15) is 11.3 Å². The molecule has 0 bridgehead atoms. The molecule has 6 nitrogen and oxygen atoms in total. The summed E-state index contributed by atoms with van der Waals surface area (Å²) in [6.07, 6.45) is 2.32. The Morgan fingerprint density at radius 2 is 2.12 bits per heavy atom. The first kappa shape index (κ1) is 16.2. The molecule has 24 heavy (non-hydrogen) atoms. The summed E-state index contributed by atoms with van der Waals surface area (Å²) in [5.74, 6) is -0.848. The van der Waals surface area contributed by atoms with E-state index in [1.54, 1.807) is 42.9 Å². The van der Waals surface area contributed by atoms with E-state index in [-0.39, 0.29) is 11.3 Å². The van der Waals surface area contributed by atoms with Crippen LogP contribution in [0.5, 0.6) is 5.75 Å². The van der Waals surface area contributed by atoms with Crippen LogP contribution >= 0.6 is 11.3 Å². The SMILES string of the molecule is CCCn1c(=O)c(C(=O)N(C)c2nccs2)c(O)c2ccccc21. The Hall–Kier alpha value is -2.67. The van der Waals surface area contributed by atoms with Crippen molar-refractivity contribution in [3.8, 4) is 5.75 Å². The number of aryl methyl sites for hydroxylation is 1. The number of nitrogens with zero attached hydrogens (tertiary/aromatic N) is 3. The maximum Gasteiger partial charge on any atom is 0.269 e. The third kappa shape index (κ3) is 2.56. The molecule has 1 N–H and O–H groups in total. The first-order valence-electron chi connectivity index (χ1n) is 7.58. The van der Waals surface area contributed by atoms with Crippen LogP contribution in [0.15, 0.2) is 40.6 Å². The summed E-state index contributed by atoms with van der Waals surface area (Å²) in [5, 5.41) is 13.3. The molecule has 1 aromatic carbocycles. The molecule has 1 amide bonds. The van der Waals surface area contributed by atoms with Gasteiger partial charge >= 0.3 is 0 Å². The van der Waals surface area contributed by atoms with Gasteiger partial charge in [-0.2, -0.15) is 0 Å². The second-order valence-corrected chi connectivity index (χ2v) is 6.25. The summed E-state index contributed by atoms with van der Waals surface area (Å²) in [6.45, 7) is 2.43. The minimum Gasteiger partial charge on any atom is -0.506 e. The van der Waals surface area contributed by atoms with E-state index >= 15 is 0 Å². The zero-order valence-corrected chi connectivity index (χ0v) is 14.2. The van der Waals surface area contributed by atoms with E-state index in [4.69, 9.17) is 0 Å². The summed E-state index contributed by atoms with van der Waals surface area (Å²) in [7, 11) is 1.54. The molecule has 3 rings (SSSR count). The van der Waals surface area contributed by atoms with Gasteiger partial charge in [-0.25, -0.2) is 4.98 Å². The quantitative estimate of drug-likeness (QED) is 0.790. The number of fused-ring (bicyclic) bond motifs is 1. The lowest BCUT2D eigenvalue weighted by molar-refractivity contribution is 0.0988. The summed E-state index contributed by atoms with van der Waals surface area (Å²) in [6, 6.07) is 7.04. The van der Waals surface area contributed by atoms with Crippen LogP contribution in [0.1, 0.15) is 23.7 Å². The number of benzene rings is 1. The molecule has 0 aliphatic carbocycles. The first-order valence-corrected chi connectivity index (χ1v) is 8.46. The highest BCUT2D eigenvalue weighted by Gasteiger charge is 2.26. The summed E-state index contributed by atoms with van der Waals surface area (Å²) >= 11 is 1.29. The monoisotopic (exact) mass is 343 g/mol. The molecule has 2 aromatic heterocycles. The lowest BCUT2D eigenvalue weighted by Crippen LogP contribution is -2.34. The van der Waals surface area contributed by atoms with Crippen LogP contribution in [-0.2, 0) is 6.54 Å². The normalized spacial score (nSPS) is 10.9. The molecule has 3 aromatic rings. The number of carbonyl (C=O) groups is 1. The maximum absolute atomic E-state index is 12.8. The van der Waals surface area contributed by atoms with Crippen molar-refractivity contribution in [1.82, 2.24) is 9.55 Å². The first-order chi connectivity index (χ1) is 11.6. The van der Waals surface area contributed by atoms with Crippen LogP contribution in [0.3, 0.4) is 0 Å². The molecule has 124 valence electrons. The highest BCUT2D eigenvalue weighted by atomic mass is 32.1. The molecule has 0 spiro atoms. The van der Waals surface area contributed by atoms with Gasteiger partial charge in [-0.05, 0) is 18.6 Å². The van der Waals surface area contributed by atoms with Crippen molar-refractivity contribution in [3.05, 3.63) is 51.8 Å². The average Bonchev–Trinajstić information content (AvgIpc) is 3.12. The standard InChI is InChI=1S/C17H17N3O3S/c1-3-9-20-12-7-5-4-6-11(12)14(21)13(16(20)23)15(22)19(2)17-18-8-10-24-17/h4-8,10,21H,3,9H2,1-2H3. The Morgan fingerprint density at radius 3 is 2.79 bits per heavy atom. The number of carbonyl (C=O) groups excluding carboxylic acids is 1. The molecule has 0 saturated heterocycles. The van der Waals surface area contributed by atoms with Gasteiger partial charge in [-0.15, -0.1) is 11.3 Å². The number of thiazole rings is 1. The van der Waals surface area contributed by atoms with Crippen LogP contribution in [0.25, 0.3) is 10.9 Å². The average molecular weight is 343 g/mol. The number of rotatable bonds is 4. The van der Waals surface area contributed by atoms with Crippen molar-refractivity contribution in [2.75, 3.05) is 11.9 Å². The van der Waals surface area contributed by atoms with E-state index < -0.39 is 11.5 Å². The number of aromatic hydroxyl groups is 1. The predicted octanol–water partition coefficient (Wildman–Crippen LogP) is 2.85. The Bertz CT molecular complexity index is 948. The van der Waals surface area contributed by atoms with E-state index in [0.717, 1.165) is 6.42 Å². The molecular formula is C17H17N3O3S. The van der Waals surface area contributed by atoms with Gasteiger partial charge in [0.25, 0.3) is 11.5 Å². The summed E-state index contributed by atoms with van der Waals surface area (Å²) in [5.41, 5.74) is -0.0865. The Morgan fingerprint density at radius 1 is 1.38 bits per heavy atom. The van der Waals surface area contributed by atoms with Crippen molar-refractivity contribution in [2.45, 2.75) is 19.9 Å². The third-order valence-electron chi connectivity index (χ3n) is 3.82. The van der Waals surface area contributed by atoms with Gasteiger partial charge in [-0.1, -0.05) is 19.1 Å². The van der Waals surface area contributed by atoms with Gasteiger partial charge in [0.15, 0.2) is 5.13 Å². The van der Waals surface area contributed by atoms with E-state index in [9.17, 15) is 14.7 Å². The Kier molecular flexibility index (Phi) is 4.35. The second kappa shape index (κ2) is 6.45. The van der Waals surface area contributed by atoms with Crippen LogP contribution in [0.2, 0.25) is 0 Å². The Balaban J connectivity index is 2.24. The number of amides is 1. The highest BCUT2D eigenvalue weighted by molar-refractivity contribution is 7.13. The zero-order valence-electron chi connectivity index (χ0n) is 13.4. The maximum atomic E-state index is 12.8. The number of hydrogen-bond donors (Lipinski definition) is 1. The van der Waals surface area contributed by atoms with Gasteiger partial charge in [0, 0.05) is 30.6 Å². The van der Waals surface area contributed by atoms with Crippen molar-refractivity contribution < 1.29 is 9.90 Å². The number of hydrogen-bond acceptors (Lipinski definition) is 5. The fraction of sp³-hybridized carbons (Fsp3) is 0.235. The third-order valence-corrected chi connectivity index (χ3v) is 4.67. The van der Waals surface area contributed by atoms with E-state index in [1.165, 1.54) is 20.8 Å². The molecule has 2 heterocycles. The topological polar surface area (TPSA) is 75.4 Å². The van der Waals surface area contributed by atoms with Crippen molar-refractivity contribution in [3.63, 3.8) is 0 Å².